The maximum atomic E-state index is 13.3. The van der Waals surface area contributed by atoms with Crippen LogP contribution in [0.25, 0.3) is 10.2 Å². The normalized spacial score (nSPS) is 18.0. The summed E-state index contributed by atoms with van der Waals surface area (Å²) in [6.07, 6.45) is 2.99. The van der Waals surface area contributed by atoms with Crippen LogP contribution in [-0.4, -0.2) is 18.6 Å². The summed E-state index contributed by atoms with van der Waals surface area (Å²) >= 11 is 1.09. The SMILES string of the molecule is CCCn1c(=O)sc2cc(S(=O)(=O)N[C@H]3CC(CC)(CC)Oc4ccccc43)ccc21. The van der Waals surface area contributed by atoms with E-state index >= 15 is 0 Å². The molecule has 0 saturated heterocycles. The van der Waals surface area contributed by atoms with Gasteiger partial charge in [0, 0.05) is 18.5 Å². The van der Waals surface area contributed by atoms with Crippen molar-refractivity contribution in [2.24, 2.45) is 0 Å². The van der Waals surface area contributed by atoms with E-state index in [1.807, 2.05) is 31.2 Å². The van der Waals surface area contributed by atoms with Gasteiger partial charge in [0.05, 0.1) is 21.2 Å². The summed E-state index contributed by atoms with van der Waals surface area (Å²) in [5.41, 5.74) is 1.23. The Bertz CT molecular complexity index is 1260. The third-order valence-corrected chi connectivity index (χ3v) is 8.59. The van der Waals surface area contributed by atoms with Crippen LogP contribution in [0.5, 0.6) is 5.75 Å². The highest BCUT2D eigenvalue weighted by atomic mass is 32.2. The molecule has 1 aliphatic rings. The zero-order chi connectivity index (χ0) is 22.2. The van der Waals surface area contributed by atoms with Crippen LogP contribution in [0.3, 0.4) is 0 Å². The van der Waals surface area contributed by atoms with Gasteiger partial charge in [-0.2, -0.15) is 0 Å². The Morgan fingerprint density at radius 2 is 1.90 bits per heavy atom. The Kier molecular flexibility index (Phi) is 5.98. The number of hydrogen-bond donors (Lipinski definition) is 1. The van der Waals surface area contributed by atoms with Gasteiger partial charge in [-0.3, -0.25) is 9.36 Å². The number of nitrogens with zero attached hydrogens (tertiary/aromatic N) is 1. The molecule has 2 heterocycles. The Hall–Kier alpha value is -2.16. The molecule has 0 spiro atoms. The van der Waals surface area contributed by atoms with E-state index in [1.165, 1.54) is 0 Å². The summed E-state index contributed by atoms with van der Waals surface area (Å²) in [6, 6.07) is 12.2. The van der Waals surface area contributed by atoms with Crippen LogP contribution >= 0.6 is 11.3 Å². The van der Waals surface area contributed by atoms with Crippen molar-refractivity contribution in [3.8, 4) is 5.75 Å². The lowest BCUT2D eigenvalue weighted by molar-refractivity contribution is 0.0260. The van der Waals surface area contributed by atoms with E-state index < -0.39 is 15.6 Å². The van der Waals surface area contributed by atoms with Crippen molar-refractivity contribution in [2.75, 3.05) is 0 Å². The van der Waals surface area contributed by atoms with Gasteiger partial charge in [-0.1, -0.05) is 50.3 Å². The fourth-order valence-corrected chi connectivity index (χ4v) is 6.58. The number of aromatic nitrogens is 1. The second kappa shape index (κ2) is 8.41. The van der Waals surface area contributed by atoms with Gasteiger partial charge in [0.1, 0.15) is 11.4 Å². The first-order valence-corrected chi connectivity index (χ1v) is 13.1. The maximum Gasteiger partial charge on any atom is 0.308 e. The van der Waals surface area contributed by atoms with E-state index in [4.69, 9.17) is 4.74 Å². The van der Waals surface area contributed by atoms with E-state index in [9.17, 15) is 13.2 Å². The first-order chi connectivity index (χ1) is 14.8. The minimum absolute atomic E-state index is 0.0617. The minimum atomic E-state index is -3.79. The van der Waals surface area contributed by atoms with E-state index in [2.05, 4.69) is 18.6 Å². The summed E-state index contributed by atoms with van der Waals surface area (Å²) in [4.78, 5) is 12.4. The molecule has 8 heteroatoms. The number of rotatable bonds is 7. The van der Waals surface area contributed by atoms with Crippen LogP contribution in [0.1, 0.15) is 58.1 Å². The quantitative estimate of drug-likeness (QED) is 0.548. The van der Waals surface area contributed by atoms with Crippen molar-refractivity contribution < 1.29 is 13.2 Å². The van der Waals surface area contributed by atoms with Gasteiger partial charge in [-0.05, 0) is 43.5 Å². The van der Waals surface area contributed by atoms with Gasteiger partial charge in [0.25, 0.3) is 0 Å². The Labute approximate surface area is 186 Å². The summed E-state index contributed by atoms with van der Waals surface area (Å²) in [5.74, 6) is 0.732. The fourth-order valence-electron chi connectivity index (χ4n) is 4.31. The van der Waals surface area contributed by atoms with E-state index in [0.717, 1.165) is 47.4 Å². The minimum Gasteiger partial charge on any atom is -0.487 e. The van der Waals surface area contributed by atoms with E-state index in [-0.39, 0.29) is 15.8 Å². The molecule has 0 fully saturated rings. The van der Waals surface area contributed by atoms with E-state index in [0.29, 0.717) is 17.7 Å². The Balaban J connectivity index is 1.70. The molecule has 0 amide bonds. The van der Waals surface area contributed by atoms with Gasteiger partial charge in [0.2, 0.25) is 10.0 Å². The molecule has 2 aromatic carbocycles. The van der Waals surface area contributed by atoms with Crippen molar-refractivity contribution in [1.82, 2.24) is 9.29 Å². The second-order valence-corrected chi connectivity index (χ2v) is 10.8. The standard InChI is InChI=1S/C23H28N2O4S2/c1-4-13-25-19-12-11-16(14-21(19)30-22(25)26)31(27,28)24-18-15-23(5-2,6-3)29-20-10-8-7-9-17(18)20/h7-12,14,18,24H,4-6,13,15H2,1-3H3/t18-/m0/s1. The number of benzene rings is 2. The zero-order valence-corrected chi connectivity index (χ0v) is 19.7. The van der Waals surface area contributed by atoms with Gasteiger partial charge < -0.3 is 4.74 Å². The van der Waals surface area contributed by atoms with E-state index in [1.54, 1.807) is 22.8 Å². The molecule has 1 aromatic heterocycles. The molecule has 1 atom stereocenters. The number of thiazole rings is 1. The van der Waals surface area contributed by atoms with Crippen LogP contribution in [0, 0.1) is 0 Å². The number of para-hydroxylation sites is 1. The molecular formula is C23H28N2O4S2. The topological polar surface area (TPSA) is 77.4 Å². The van der Waals surface area contributed by atoms with Crippen molar-refractivity contribution >= 4 is 31.6 Å². The molecule has 0 saturated carbocycles. The summed E-state index contributed by atoms with van der Waals surface area (Å²) in [6.45, 7) is 6.77. The van der Waals surface area contributed by atoms with Crippen LogP contribution < -0.4 is 14.3 Å². The number of hydrogen-bond acceptors (Lipinski definition) is 5. The van der Waals surface area contributed by atoms with Gasteiger partial charge in [-0.15, -0.1) is 0 Å². The smallest absolute Gasteiger partial charge is 0.308 e. The summed E-state index contributed by atoms with van der Waals surface area (Å²) in [5, 5.41) is 0. The third kappa shape index (κ3) is 4.04. The third-order valence-electron chi connectivity index (χ3n) is 6.18. The summed E-state index contributed by atoms with van der Waals surface area (Å²) in [7, 11) is -3.79. The van der Waals surface area contributed by atoms with Crippen molar-refractivity contribution in [2.45, 2.75) is 69.5 Å². The molecular weight excluding hydrogens is 432 g/mol. The molecule has 0 radical (unpaired) electrons. The molecule has 0 unspecified atom stereocenters. The number of aryl methyl sites for hydroxylation is 1. The van der Waals surface area contributed by atoms with Crippen LogP contribution in [0.4, 0.5) is 0 Å². The lowest BCUT2D eigenvalue weighted by atomic mass is 9.84. The first kappa shape index (κ1) is 22.0. The lowest BCUT2D eigenvalue weighted by Gasteiger charge is -2.41. The highest BCUT2D eigenvalue weighted by Crippen LogP contribution is 2.43. The average Bonchev–Trinajstić information content (AvgIpc) is 3.08. The summed E-state index contributed by atoms with van der Waals surface area (Å²) < 4.78 is 38.3. The van der Waals surface area contributed by atoms with Gasteiger partial charge in [0.15, 0.2) is 0 Å². The molecule has 4 rings (SSSR count). The molecule has 1 aliphatic heterocycles. The number of ether oxygens (including phenoxy) is 1. The number of fused-ring (bicyclic) bond motifs is 2. The first-order valence-electron chi connectivity index (χ1n) is 10.8. The molecule has 0 aliphatic carbocycles. The molecule has 0 bridgehead atoms. The average molecular weight is 461 g/mol. The largest absolute Gasteiger partial charge is 0.487 e. The van der Waals surface area contributed by atoms with Crippen molar-refractivity contribution in [3.63, 3.8) is 0 Å². The molecule has 166 valence electrons. The molecule has 6 nitrogen and oxygen atoms in total. The van der Waals surface area contributed by atoms with Gasteiger partial charge in [-0.25, -0.2) is 13.1 Å². The predicted octanol–water partition coefficient (Wildman–Crippen LogP) is 4.83. The molecule has 3 aromatic rings. The van der Waals surface area contributed by atoms with Crippen molar-refractivity contribution in [1.29, 1.82) is 0 Å². The predicted molar refractivity (Wildman–Crippen MR) is 124 cm³/mol. The molecule has 31 heavy (non-hydrogen) atoms. The van der Waals surface area contributed by atoms with Crippen LogP contribution in [0.15, 0.2) is 52.2 Å². The molecule has 1 N–H and O–H groups in total. The maximum absolute atomic E-state index is 13.3. The Morgan fingerprint density at radius 1 is 1.16 bits per heavy atom. The highest BCUT2D eigenvalue weighted by Gasteiger charge is 2.40. The second-order valence-electron chi connectivity index (χ2n) is 8.06. The zero-order valence-electron chi connectivity index (χ0n) is 18.1. The number of nitrogens with one attached hydrogen (secondary N) is 1. The van der Waals surface area contributed by atoms with Crippen LogP contribution in [-0.2, 0) is 16.6 Å². The monoisotopic (exact) mass is 460 g/mol. The Morgan fingerprint density at radius 3 is 2.61 bits per heavy atom. The fraction of sp³-hybridized carbons (Fsp3) is 0.435. The van der Waals surface area contributed by atoms with Crippen LogP contribution in [0.2, 0.25) is 0 Å². The van der Waals surface area contributed by atoms with Gasteiger partial charge >= 0.3 is 4.87 Å². The lowest BCUT2D eigenvalue weighted by Crippen LogP contribution is -2.44. The van der Waals surface area contributed by atoms with Crippen molar-refractivity contribution in [3.05, 3.63) is 57.7 Å². The number of sulfonamides is 1. The highest BCUT2D eigenvalue weighted by molar-refractivity contribution is 7.89.